The Morgan fingerprint density at radius 3 is 3.04 bits per heavy atom. The Bertz CT molecular complexity index is 933. The van der Waals surface area contributed by atoms with Gasteiger partial charge in [-0.1, -0.05) is 29.8 Å². The summed E-state index contributed by atoms with van der Waals surface area (Å²) < 4.78 is 0. The lowest BCUT2D eigenvalue weighted by Crippen LogP contribution is -2.45. The number of pyridine rings is 1. The molecule has 0 radical (unpaired) electrons. The summed E-state index contributed by atoms with van der Waals surface area (Å²) in [6.45, 7) is 2.61. The Morgan fingerprint density at radius 2 is 2.21 bits per heavy atom. The number of nitrogens with zero attached hydrogens (tertiary/aromatic N) is 3. The highest BCUT2D eigenvalue weighted by atomic mass is 35.5. The second-order valence-electron chi connectivity index (χ2n) is 7.02. The molecule has 0 saturated carbocycles. The molecule has 1 unspecified atom stereocenters. The van der Waals surface area contributed by atoms with Gasteiger partial charge in [-0.3, -0.25) is 4.99 Å². The van der Waals surface area contributed by atoms with Crippen molar-refractivity contribution < 1.29 is 0 Å². The highest BCUT2D eigenvalue weighted by Crippen LogP contribution is 2.25. The van der Waals surface area contributed by atoms with E-state index in [4.69, 9.17) is 11.6 Å². The SMILES string of the molecule is CN=C(NCCc1cc2ccccc2[nH]1)NC1CCN(c2ncccc2Cl)C1. The van der Waals surface area contributed by atoms with Crippen LogP contribution in [0.25, 0.3) is 10.9 Å². The lowest BCUT2D eigenvalue weighted by atomic mass is 10.2. The minimum Gasteiger partial charge on any atom is -0.358 e. The Hall–Kier alpha value is -2.73. The highest BCUT2D eigenvalue weighted by molar-refractivity contribution is 6.32. The average molecular weight is 397 g/mol. The number of guanidine groups is 1. The maximum atomic E-state index is 6.28. The summed E-state index contributed by atoms with van der Waals surface area (Å²) in [5.41, 5.74) is 2.40. The van der Waals surface area contributed by atoms with Gasteiger partial charge in [0.1, 0.15) is 5.82 Å². The summed E-state index contributed by atoms with van der Waals surface area (Å²) in [5, 5.41) is 8.88. The summed E-state index contributed by atoms with van der Waals surface area (Å²) in [6.07, 6.45) is 3.72. The molecule has 7 heteroatoms. The predicted molar refractivity (Wildman–Crippen MR) is 116 cm³/mol. The van der Waals surface area contributed by atoms with E-state index in [0.29, 0.717) is 11.1 Å². The topological polar surface area (TPSA) is 68.3 Å². The molecule has 1 aliphatic rings. The molecule has 2 aromatic heterocycles. The van der Waals surface area contributed by atoms with Crippen LogP contribution in [0.2, 0.25) is 5.02 Å². The Morgan fingerprint density at radius 1 is 1.32 bits per heavy atom. The van der Waals surface area contributed by atoms with Crippen LogP contribution in [-0.2, 0) is 6.42 Å². The van der Waals surface area contributed by atoms with Gasteiger partial charge >= 0.3 is 0 Å². The van der Waals surface area contributed by atoms with Crippen molar-refractivity contribution in [2.75, 3.05) is 31.6 Å². The molecule has 1 fully saturated rings. The lowest BCUT2D eigenvalue weighted by Gasteiger charge is -2.20. The molecule has 0 spiro atoms. The molecular formula is C21H25ClN6. The van der Waals surface area contributed by atoms with Crippen molar-refractivity contribution in [3.05, 3.63) is 59.4 Å². The third-order valence-corrected chi connectivity index (χ3v) is 5.36. The van der Waals surface area contributed by atoms with Crippen molar-refractivity contribution in [2.24, 2.45) is 4.99 Å². The van der Waals surface area contributed by atoms with E-state index in [0.717, 1.165) is 44.3 Å². The number of H-pyrrole nitrogens is 1. The second-order valence-corrected chi connectivity index (χ2v) is 7.42. The van der Waals surface area contributed by atoms with Gasteiger partial charge < -0.3 is 20.5 Å². The van der Waals surface area contributed by atoms with Gasteiger partial charge in [0, 0.05) is 56.6 Å². The monoisotopic (exact) mass is 396 g/mol. The summed E-state index contributed by atoms with van der Waals surface area (Å²) in [5.74, 6) is 1.69. The van der Waals surface area contributed by atoms with Gasteiger partial charge in [0.2, 0.25) is 0 Å². The summed E-state index contributed by atoms with van der Waals surface area (Å²) in [6, 6.07) is 14.6. The zero-order chi connectivity index (χ0) is 19.3. The lowest BCUT2D eigenvalue weighted by molar-refractivity contribution is 0.647. The van der Waals surface area contributed by atoms with E-state index in [1.54, 1.807) is 13.2 Å². The number of aliphatic imine (C=N–C) groups is 1. The molecule has 3 heterocycles. The van der Waals surface area contributed by atoms with Crippen molar-refractivity contribution in [3.8, 4) is 0 Å². The maximum absolute atomic E-state index is 6.28. The molecule has 4 rings (SSSR count). The number of halogens is 1. The van der Waals surface area contributed by atoms with E-state index in [1.807, 2.05) is 12.1 Å². The van der Waals surface area contributed by atoms with Crippen LogP contribution in [0.5, 0.6) is 0 Å². The van der Waals surface area contributed by atoms with Crippen LogP contribution in [0.1, 0.15) is 12.1 Å². The standard InChI is InChI=1S/C21H25ClN6/c1-23-21(25-11-8-16-13-15-5-2-3-7-19(15)26-16)27-17-9-12-28(14-17)20-18(22)6-4-10-24-20/h2-7,10,13,17,26H,8-9,11-12,14H2,1H3,(H2,23,25,27). The summed E-state index contributed by atoms with van der Waals surface area (Å²) in [4.78, 5) is 14.5. The number of benzene rings is 1. The number of fused-ring (bicyclic) bond motifs is 1. The first-order valence-electron chi connectivity index (χ1n) is 9.62. The molecule has 1 saturated heterocycles. The van der Waals surface area contributed by atoms with Crippen molar-refractivity contribution in [3.63, 3.8) is 0 Å². The van der Waals surface area contributed by atoms with Crippen molar-refractivity contribution in [2.45, 2.75) is 18.9 Å². The van der Waals surface area contributed by atoms with Crippen LogP contribution in [0.3, 0.4) is 0 Å². The molecule has 146 valence electrons. The summed E-state index contributed by atoms with van der Waals surface area (Å²) in [7, 11) is 1.81. The van der Waals surface area contributed by atoms with E-state index in [9.17, 15) is 0 Å². The number of hydrogen-bond acceptors (Lipinski definition) is 3. The highest BCUT2D eigenvalue weighted by Gasteiger charge is 2.25. The van der Waals surface area contributed by atoms with E-state index < -0.39 is 0 Å². The Labute approximate surface area is 170 Å². The van der Waals surface area contributed by atoms with Gasteiger partial charge in [0.25, 0.3) is 0 Å². The zero-order valence-corrected chi connectivity index (χ0v) is 16.7. The number of nitrogens with one attached hydrogen (secondary N) is 3. The van der Waals surface area contributed by atoms with E-state index >= 15 is 0 Å². The fourth-order valence-corrected chi connectivity index (χ4v) is 3.89. The molecule has 6 nitrogen and oxygen atoms in total. The van der Waals surface area contributed by atoms with E-state index in [2.05, 4.69) is 60.8 Å². The van der Waals surface area contributed by atoms with Gasteiger partial charge in [-0.15, -0.1) is 0 Å². The van der Waals surface area contributed by atoms with Crippen LogP contribution < -0.4 is 15.5 Å². The van der Waals surface area contributed by atoms with Crippen molar-refractivity contribution >= 4 is 34.3 Å². The van der Waals surface area contributed by atoms with Gasteiger partial charge in [-0.25, -0.2) is 4.98 Å². The fraction of sp³-hybridized carbons (Fsp3) is 0.333. The minimum atomic E-state index is 0.317. The Kier molecular flexibility index (Phi) is 5.67. The molecule has 1 aromatic carbocycles. The molecule has 0 aliphatic carbocycles. The predicted octanol–water partition coefficient (Wildman–Crippen LogP) is 3.20. The first kappa shape index (κ1) is 18.6. The van der Waals surface area contributed by atoms with Crippen LogP contribution >= 0.6 is 11.6 Å². The largest absolute Gasteiger partial charge is 0.358 e. The van der Waals surface area contributed by atoms with Crippen LogP contribution in [0, 0.1) is 0 Å². The first-order chi connectivity index (χ1) is 13.7. The smallest absolute Gasteiger partial charge is 0.191 e. The number of aromatic amines is 1. The molecule has 3 N–H and O–H groups in total. The molecule has 1 atom stereocenters. The maximum Gasteiger partial charge on any atom is 0.191 e. The Balaban J connectivity index is 1.27. The van der Waals surface area contributed by atoms with Crippen molar-refractivity contribution in [1.29, 1.82) is 0 Å². The third kappa shape index (κ3) is 4.22. The number of rotatable bonds is 5. The van der Waals surface area contributed by atoms with Gasteiger partial charge in [-0.05, 0) is 36.1 Å². The molecule has 0 bridgehead atoms. The van der Waals surface area contributed by atoms with Gasteiger partial charge in [0.05, 0.1) is 5.02 Å². The van der Waals surface area contributed by atoms with Gasteiger partial charge in [0.15, 0.2) is 5.96 Å². The minimum absolute atomic E-state index is 0.317. The number of anilines is 1. The first-order valence-corrected chi connectivity index (χ1v) is 10.00. The normalized spacial score (nSPS) is 17.3. The van der Waals surface area contributed by atoms with Crippen LogP contribution in [0.15, 0.2) is 53.7 Å². The number of para-hydroxylation sites is 1. The van der Waals surface area contributed by atoms with Crippen LogP contribution in [0.4, 0.5) is 5.82 Å². The van der Waals surface area contributed by atoms with Crippen molar-refractivity contribution in [1.82, 2.24) is 20.6 Å². The average Bonchev–Trinajstić information content (AvgIpc) is 3.34. The molecule has 3 aromatic rings. The van der Waals surface area contributed by atoms with E-state index in [1.165, 1.54) is 16.6 Å². The molecule has 28 heavy (non-hydrogen) atoms. The molecule has 1 aliphatic heterocycles. The zero-order valence-electron chi connectivity index (χ0n) is 16.0. The van der Waals surface area contributed by atoms with E-state index in [-0.39, 0.29) is 0 Å². The second kappa shape index (κ2) is 8.52. The number of aromatic nitrogens is 2. The van der Waals surface area contributed by atoms with Crippen LogP contribution in [-0.4, -0.2) is 48.7 Å². The summed E-state index contributed by atoms with van der Waals surface area (Å²) >= 11 is 6.28. The molecular weight excluding hydrogens is 372 g/mol. The van der Waals surface area contributed by atoms with Gasteiger partial charge in [-0.2, -0.15) is 0 Å². The third-order valence-electron chi connectivity index (χ3n) is 5.06. The number of hydrogen-bond donors (Lipinski definition) is 3. The molecule has 0 amide bonds. The quantitative estimate of drug-likeness (QED) is 0.457. The fourth-order valence-electron chi connectivity index (χ4n) is 3.65.